The largest absolute Gasteiger partial charge is 0.341 e. The monoisotopic (exact) mass is 250 g/mol. The minimum absolute atomic E-state index is 0.0375. The zero-order valence-electron chi connectivity index (χ0n) is 10.7. The molecule has 0 spiro atoms. The first kappa shape index (κ1) is 13.0. The van der Waals surface area contributed by atoms with Gasteiger partial charge in [0.05, 0.1) is 5.92 Å². The second-order valence-electron chi connectivity index (χ2n) is 4.83. The number of piperidine rings is 1. The van der Waals surface area contributed by atoms with Crippen LogP contribution in [0.1, 0.15) is 18.4 Å². The van der Waals surface area contributed by atoms with Gasteiger partial charge in [-0.25, -0.2) is 4.39 Å². The Hall–Kier alpha value is -1.42. The molecule has 1 amide bonds. The van der Waals surface area contributed by atoms with Crippen molar-refractivity contribution >= 4 is 5.91 Å². The zero-order chi connectivity index (χ0) is 13.0. The molecule has 0 aromatic heterocycles. The van der Waals surface area contributed by atoms with Crippen molar-refractivity contribution in [2.24, 2.45) is 5.92 Å². The zero-order valence-corrected chi connectivity index (χ0v) is 10.7. The van der Waals surface area contributed by atoms with Crippen LogP contribution in [0.4, 0.5) is 4.39 Å². The van der Waals surface area contributed by atoms with Crippen molar-refractivity contribution < 1.29 is 9.18 Å². The van der Waals surface area contributed by atoms with Crippen molar-refractivity contribution in [3.63, 3.8) is 0 Å². The predicted molar refractivity (Wildman–Crippen MR) is 68.5 cm³/mol. The Morgan fingerprint density at radius 1 is 1.50 bits per heavy atom. The number of hydrogen-bond acceptors (Lipinski definition) is 2. The summed E-state index contributed by atoms with van der Waals surface area (Å²) in [5.41, 5.74) is 0.567. The van der Waals surface area contributed by atoms with Crippen LogP contribution in [0.25, 0.3) is 0 Å². The van der Waals surface area contributed by atoms with E-state index in [-0.39, 0.29) is 17.6 Å². The van der Waals surface area contributed by atoms with Gasteiger partial charge in [0.2, 0.25) is 5.91 Å². The number of carbonyl (C=O) groups excluding carboxylic acids is 1. The smallest absolute Gasteiger partial charge is 0.227 e. The number of nitrogens with one attached hydrogen (secondary N) is 1. The van der Waals surface area contributed by atoms with Crippen LogP contribution in [-0.2, 0) is 11.3 Å². The van der Waals surface area contributed by atoms with E-state index >= 15 is 0 Å². The van der Waals surface area contributed by atoms with Crippen LogP contribution in [0.2, 0.25) is 0 Å². The normalized spacial score (nSPS) is 19.6. The van der Waals surface area contributed by atoms with Gasteiger partial charge in [-0.3, -0.25) is 4.79 Å². The van der Waals surface area contributed by atoms with Gasteiger partial charge >= 0.3 is 0 Å². The summed E-state index contributed by atoms with van der Waals surface area (Å²) in [5, 5.41) is 3.22. The fourth-order valence-electron chi connectivity index (χ4n) is 2.33. The maximum Gasteiger partial charge on any atom is 0.227 e. The molecule has 0 radical (unpaired) electrons. The average molecular weight is 250 g/mol. The van der Waals surface area contributed by atoms with E-state index in [1.807, 2.05) is 0 Å². The van der Waals surface area contributed by atoms with Gasteiger partial charge in [-0.1, -0.05) is 18.2 Å². The minimum atomic E-state index is -0.251. The van der Waals surface area contributed by atoms with Crippen molar-refractivity contribution in [3.8, 4) is 0 Å². The summed E-state index contributed by atoms with van der Waals surface area (Å²) in [5.74, 6) is -0.111. The van der Waals surface area contributed by atoms with Gasteiger partial charge < -0.3 is 10.2 Å². The standard InChI is InChI=1S/C14H19FN2O/c1-17(10-12-5-2-3-7-13(12)15)14(18)11-6-4-8-16-9-11/h2-3,5,7,11,16H,4,6,8-10H2,1H3/t11-/m0/s1. The van der Waals surface area contributed by atoms with Crippen molar-refractivity contribution in [1.29, 1.82) is 0 Å². The molecule has 1 aromatic carbocycles. The number of hydrogen-bond donors (Lipinski definition) is 1. The molecule has 1 aromatic rings. The lowest BCUT2D eigenvalue weighted by Crippen LogP contribution is -2.41. The fraction of sp³-hybridized carbons (Fsp3) is 0.500. The van der Waals surface area contributed by atoms with E-state index in [0.717, 1.165) is 25.9 Å². The van der Waals surface area contributed by atoms with E-state index in [1.54, 1.807) is 30.1 Å². The number of halogens is 1. The molecule has 18 heavy (non-hydrogen) atoms. The Morgan fingerprint density at radius 3 is 2.94 bits per heavy atom. The summed E-state index contributed by atoms with van der Waals surface area (Å²) in [6.45, 7) is 2.06. The molecule has 0 aliphatic carbocycles. The van der Waals surface area contributed by atoms with Crippen LogP contribution in [-0.4, -0.2) is 30.9 Å². The molecular formula is C14H19FN2O. The van der Waals surface area contributed by atoms with Crippen molar-refractivity contribution in [2.45, 2.75) is 19.4 Å². The van der Waals surface area contributed by atoms with Gasteiger partial charge in [0.15, 0.2) is 0 Å². The topological polar surface area (TPSA) is 32.3 Å². The van der Waals surface area contributed by atoms with Gasteiger partial charge in [-0.2, -0.15) is 0 Å². The first-order chi connectivity index (χ1) is 8.68. The molecule has 1 aliphatic heterocycles. The third-order valence-electron chi connectivity index (χ3n) is 3.39. The summed E-state index contributed by atoms with van der Waals surface area (Å²) in [6.07, 6.45) is 1.96. The first-order valence-corrected chi connectivity index (χ1v) is 6.37. The molecule has 0 unspecified atom stereocenters. The number of carbonyl (C=O) groups is 1. The third-order valence-corrected chi connectivity index (χ3v) is 3.39. The van der Waals surface area contributed by atoms with Gasteiger partial charge in [-0.15, -0.1) is 0 Å². The highest BCUT2D eigenvalue weighted by Crippen LogP contribution is 2.15. The van der Waals surface area contributed by atoms with Crippen molar-refractivity contribution in [3.05, 3.63) is 35.6 Å². The Kier molecular flexibility index (Phi) is 4.31. The molecule has 2 rings (SSSR count). The van der Waals surface area contributed by atoms with E-state index in [9.17, 15) is 9.18 Å². The minimum Gasteiger partial charge on any atom is -0.341 e. The van der Waals surface area contributed by atoms with Crippen LogP contribution < -0.4 is 5.32 Å². The molecule has 1 fully saturated rings. The number of rotatable bonds is 3. The van der Waals surface area contributed by atoms with Crippen LogP contribution >= 0.6 is 0 Å². The Labute approximate surface area is 107 Å². The molecule has 3 nitrogen and oxygen atoms in total. The van der Waals surface area contributed by atoms with Crippen molar-refractivity contribution in [2.75, 3.05) is 20.1 Å². The maximum absolute atomic E-state index is 13.5. The average Bonchev–Trinajstić information content (AvgIpc) is 2.41. The van der Waals surface area contributed by atoms with E-state index in [4.69, 9.17) is 0 Å². The number of benzene rings is 1. The summed E-state index contributed by atoms with van der Waals surface area (Å²) in [4.78, 5) is 13.8. The lowest BCUT2D eigenvalue weighted by molar-refractivity contribution is -0.135. The quantitative estimate of drug-likeness (QED) is 0.887. The first-order valence-electron chi connectivity index (χ1n) is 6.37. The highest BCUT2D eigenvalue weighted by atomic mass is 19.1. The Bertz CT molecular complexity index is 416. The molecule has 0 bridgehead atoms. The lowest BCUT2D eigenvalue weighted by Gasteiger charge is -2.27. The highest BCUT2D eigenvalue weighted by molar-refractivity contribution is 5.78. The molecule has 1 N–H and O–H groups in total. The van der Waals surface area contributed by atoms with E-state index in [2.05, 4.69) is 5.32 Å². The maximum atomic E-state index is 13.5. The second kappa shape index (κ2) is 5.96. The summed E-state index contributed by atoms with van der Waals surface area (Å²) >= 11 is 0. The molecular weight excluding hydrogens is 231 g/mol. The summed E-state index contributed by atoms with van der Waals surface area (Å²) in [6, 6.07) is 6.60. The van der Waals surface area contributed by atoms with Gasteiger partial charge in [0.1, 0.15) is 5.82 Å². The molecule has 1 heterocycles. The van der Waals surface area contributed by atoms with Gasteiger partial charge in [-0.05, 0) is 25.5 Å². The molecule has 4 heteroatoms. The number of nitrogens with zero attached hydrogens (tertiary/aromatic N) is 1. The van der Waals surface area contributed by atoms with Crippen molar-refractivity contribution in [1.82, 2.24) is 10.2 Å². The molecule has 1 atom stereocenters. The Balaban J connectivity index is 1.96. The van der Waals surface area contributed by atoms with Gasteiger partial charge in [0.25, 0.3) is 0 Å². The van der Waals surface area contributed by atoms with E-state index in [0.29, 0.717) is 12.1 Å². The SMILES string of the molecule is CN(Cc1ccccc1F)C(=O)[C@H]1CCCNC1. The van der Waals surface area contributed by atoms with Crippen LogP contribution in [0, 0.1) is 11.7 Å². The second-order valence-corrected chi connectivity index (χ2v) is 4.83. The summed E-state index contributed by atoms with van der Waals surface area (Å²) < 4.78 is 13.5. The van der Waals surface area contributed by atoms with Crippen LogP contribution in [0.5, 0.6) is 0 Å². The summed E-state index contributed by atoms with van der Waals surface area (Å²) in [7, 11) is 1.74. The highest BCUT2D eigenvalue weighted by Gasteiger charge is 2.24. The van der Waals surface area contributed by atoms with Gasteiger partial charge in [0, 0.05) is 25.7 Å². The van der Waals surface area contributed by atoms with Crippen LogP contribution in [0.3, 0.4) is 0 Å². The molecule has 98 valence electrons. The fourth-order valence-corrected chi connectivity index (χ4v) is 2.33. The van der Waals surface area contributed by atoms with Crippen LogP contribution in [0.15, 0.2) is 24.3 Å². The Morgan fingerprint density at radius 2 is 2.28 bits per heavy atom. The lowest BCUT2D eigenvalue weighted by atomic mass is 9.98. The molecule has 1 aliphatic rings. The van der Waals surface area contributed by atoms with E-state index < -0.39 is 0 Å². The number of amides is 1. The molecule has 1 saturated heterocycles. The third kappa shape index (κ3) is 3.07. The molecule has 0 saturated carbocycles. The van der Waals surface area contributed by atoms with E-state index in [1.165, 1.54) is 6.07 Å². The predicted octanol–water partition coefficient (Wildman–Crippen LogP) is 1.78.